The molecule has 0 aliphatic carbocycles. The molecule has 1 N–H and O–H groups in total. The van der Waals surface area contributed by atoms with Crippen LogP contribution in [-0.2, 0) is 6.54 Å². The van der Waals surface area contributed by atoms with Crippen LogP contribution in [0, 0.1) is 0 Å². The van der Waals surface area contributed by atoms with Crippen LogP contribution in [0.4, 0.5) is 0 Å². The van der Waals surface area contributed by atoms with Gasteiger partial charge in [-0.05, 0) is 22.8 Å². The minimum absolute atomic E-state index is 0.541. The lowest BCUT2D eigenvalue weighted by atomic mass is 9.72. The molecule has 2 heterocycles. The van der Waals surface area contributed by atoms with Crippen molar-refractivity contribution in [3.63, 3.8) is 0 Å². The third-order valence-corrected chi connectivity index (χ3v) is 6.52. The highest BCUT2D eigenvalue weighted by molar-refractivity contribution is 5.69. The molecule has 2 fully saturated rings. The number of para-hydroxylation sites is 1. The SMILES string of the molecule is COc1ccccc1CN1[C@@H]2CNC[C@H]1C2c1ccc(C=Cc2ccccc2)cc1. The summed E-state index contributed by atoms with van der Waals surface area (Å²) < 4.78 is 5.57. The summed E-state index contributed by atoms with van der Waals surface area (Å²) in [6.07, 6.45) is 4.36. The fraction of sp³-hybridized carbons (Fsp3) is 0.259. The Labute approximate surface area is 179 Å². The molecule has 3 aromatic rings. The lowest BCUT2D eigenvalue weighted by Crippen LogP contribution is -2.72. The van der Waals surface area contributed by atoms with Crippen molar-refractivity contribution in [3.8, 4) is 5.75 Å². The number of nitrogens with zero attached hydrogens (tertiary/aromatic N) is 1. The van der Waals surface area contributed by atoms with E-state index >= 15 is 0 Å². The van der Waals surface area contributed by atoms with E-state index in [1.54, 1.807) is 7.11 Å². The van der Waals surface area contributed by atoms with E-state index < -0.39 is 0 Å². The number of rotatable bonds is 6. The fourth-order valence-electron chi connectivity index (χ4n) is 4.98. The molecule has 5 rings (SSSR count). The van der Waals surface area contributed by atoms with Gasteiger partial charge < -0.3 is 10.1 Å². The van der Waals surface area contributed by atoms with Gasteiger partial charge in [0, 0.05) is 43.2 Å². The minimum Gasteiger partial charge on any atom is -0.496 e. The van der Waals surface area contributed by atoms with Crippen LogP contribution in [0.3, 0.4) is 0 Å². The zero-order valence-electron chi connectivity index (χ0n) is 17.4. The summed E-state index contributed by atoms with van der Waals surface area (Å²) in [6, 6.07) is 29.1. The van der Waals surface area contributed by atoms with Crippen LogP contribution in [-0.4, -0.2) is 37.2 Å². The van der Waals surface area contributed by atoms with E-state index in [1.165, 1.54) is 22.3 Å². The maximum atomic E-state index is 5.57. The Morgan fingerprint density at radius 2 is 1.47 bits per heavy atom. The van der Waals surface area contributed by atoms with Crippen LogP contribution >= 0.6 is 0 Å². The van der Waals surface area contributed by atoms with Crippen molar-refractivity contribution in [2.75, 3.05) is 20.2 Å². The van der Waals surface area contributed by atoms with Gasteiger partial charge >= 0.3 is 0 Å². The summed E-state index contributed by atoms with van der Waals surface area (Å²) in [5, 5.41) is 3.59. The molecule has 30 heavy (non-hydrogen) atoms. The Morgan fingerprint density at radius 1 is 0.833 bits per heavy atom. The van der Waals surface area contributed by atoms with E-state index in [9.17, 15) is 0 Å². The predicted octanol–water partition coefficient (Wildman–Crippen LogP) is 4.81. The van der Waals surface area contributed by atoms with Gasteiger partial charge in [-0.3, -0.25) is 4.90 Å². The van der Waals surface area contributed by atoms with Crippen molar-refractivity contribution < 1.29 is 4.74 Å². The van der Waals surface area contributed by atoms with Crippen LogP contribution in [0.2, 0.25) is 0 Å². The number of piperazine rings is 1. The van der Waals surface area contributed by atoms with E-state index in [0.717, 1.165) is 25.4 Å². The Hall–Kier alpha value is -2.88. The predicted molar refractivity (Wildman–Crippen MR) is 124 cm³/mol. The van der Waals surface area contributed by atoms with E-state index in [0.29, 0.717) is 18.0 Å². The van der Waals surface area contributed by atoms with Crippen LogP contribution in [0.1, 0.15) is 28.2 Å². The van der Waals surface area contributed by atoms with Crippen molar-refractivity contribution in [3.05, 3.63) is 101 Å². The zero-order chi connectivity index (χ0) is 20.3. The lowest BCUT2D eigenvalue weighted by Gasteiger charge is -2.59. The van der Waals surface area contributed by atoms with Gasteiger partial charge in [0.2, 0.25) is 0 Å². The summed E-state index contributed by atoms with van der Waals surface area (Å²) >= 11 is 0. The van der Waals surface area contributed by atoms with Crippen molar-refractivity contribution >= 4 is 12.2 Å². The Kier molecular flexibility index (Phi) is 5.39. The Morgan fingerprint density at radius 3 is 2.17 bits per heavy atom. The number of hydrogen-bond acceptors (Lipinski definition) is 3. The summed E-state index contributed by atoms with van der Waals surface area (Å²) in [5.74, 6) is 1.59. The second-order valence-electron chi connectivity index (χ2n) is 8.21. The summed E-state index contributed by atoms with van der Waals surface area (Å²) in [5.41, 5.74) is 5.21. The molecule has 1 unspecified atom stereocenters. The molecule has 2 bridgehead atoms. The highest BCUT2D eigenvalue weighted by Gasteiger charge is 2.51. The third-order valence-electron chi connectivity index (χ3n) is 6.52. The van der Waals surface area contributed by atoms with Crippen molar-refractivity contribution in [2.24, 2.45) is 0 Å². The smallest absolute Gasteiger partial charge is 0.123 e. The number of nitrogens with one attached hydrogen (secondary N) is 1. The van der Waals surface area contributed by atoms with E-state index in [-0.39, 0.29) is 0 Å². The van der Waals surface area contributed by atoms with Gasteiger partial charge in [0.15, 0.2) is 0 Å². The van der Waals surface area contributed by atoms with Gasteiger partial charge in [-0.15, -0.1) is 0 Å². The van der Waals surface area contributed by atoms with Gasteiger partial charge in [-0.2, -0.15) is 0 Å². The minimum atomic E-state index is 0.541. The average molecular weight is 397 g/mol. The van der Waals surface area contributed by atoms with Crippen molar-refractivity contribution in [1.82, 2.24) is 10.2 Å². The second kappa shape index (κ2) is 8.47. The van der Waals surface area contributed by atoms with Crippen LogP contribution in [0.25, 0.3) is 12.2 Å². The molecule has 2 saturated heterocycles. The van der Waals surface area contributed by atoms with E-state index in [2.05, 4.69) is 89.1 Å². The molecule has 2 aliphatic heterocycles. The largest absolute Gasteiger partial charge is 0.496 e. The second-order valence-corrected chi connectivity index (χ2v) is 8.21. The fourth-order valence-corrected chi connectivity index (χ4v) is 4.98. The quantitative estimate of drug-likeness (QED) is 0.606. The number of hydrogen-bond donors (Lipinski definition) is 1. The molecular weight excluding hydrogens is 368 g/mol. The summed E-state index contributed by atoms with van der Waals surface area (Å²) in [7, 11) is 1.76. The zero-order valence-corrected chi connectivity index (χ0v) is 17.4. The first-order chi connectivity index (χ1) is 14.8. The lowest BCUT2D eigenvalue weighted by molar-refractivity contribution is -0.0487. The van der Waals surface area contributed by atoms with Gasteiger partial charge in [-0.1, -0.05) is 84.9 Å². The van der Waals surface area contributed by atoms with Gasteiger partial charge in [0.25, 0.3) is 0 Å². The Bertz CT molecular complexity index is 1000. The summed E-state index contributed by atoms with van der Waals surface area (Å²) in [4.78, 5) is 2.64. The van der Waals surface area contributed by atoms with Crippen molar-refractivity contribution in [1.29, 1.82) is 0 Å². The Balaban J connectivity index is 1.29. The number of piperidine rings is 1. The molecule has 0 aromatic heterocycles. The first-order valence-corrected chi connectivity index (χ1v) is 10.7. The van der Waals surface area contributed by atoms with E-state index in [4.69, 9.17) is 4.74 Å². The van der Waals surface area contributed by atoms with Gasteiger partial charge in [0.1, 0.15) is 5.75 Å². The standard InChI is InChI=1S/C27H28N2O/c1-30-26-10-6-5-9-23(26)19-29-24-17-28-18-25(29)27(24)22-15-13-21(14-16-22)12-11-20-7-3-2-4-8-20/h2-16,24-25,27-28H,17-19H2,1H3/t24-,25+,27?. The van der Waals surface area contributed by atoms with Crippen LogP contribution in [0.5, 0.6) is 5.75 Å². The monoisotopic (exact) mass is 396 g/mol. The maximum absolute atomic E-state index is 5.57. The van der Waals surface area contributed by atoms with Gasteiger partial charge in [0.05, 0.1) is 7.11 Å². The highest BCUT2D eigenvalue weighted by Crippen LogP contribution is 2.44. The molecule has 0 spiro atoms. The summed E-state index contributed by atoms with van der Waals surface area (Å²) in [6.45, 7) is 3.05. The van der Waals surface area contributed by atoms with Crippen LogP contribution < -0.4 is 10.1 Å². The molecule has 0 radical (unpaired) electrons. The third kappa shape index (κ3) is 3.67. The molecule has 3 heteroatoms. The number of benzene rings is 3. The topological polar surface area (TPSA) is 24.5 Å². The molecular formula is C27H28N2O. The number of fused-ring (bicyclic) bond motifs is 2. The number of ether oxygens (including phenoxy) is 1. The molecule has 3 aromatic carbocycles. The van der Waals surface area contributed by atoms with Crippen molar-refractivity contribution in [2.45, 2.75) is 24.5 Å². The van der Waals surface area contributed by atoms with E-state index in [1.807, 2.05) is 12.1 Å². The first-order valence-electron chi connectivity index (χ1n) is 10.7. The first kappa shape index (κ1) is 19.1. The molecule has 3 atom stereocenters. The van der Waals surface area contributed by atoms with Gasteiger partial charge in [-0.25, -0.2) is 0 Å². The maximum Gasteiger partial charge on any atom is 0.123 e. The molecule has 0 amide bonds. The molecule has 3 nitrogen and oxygen atoms in total. The molecule has 0 saturated carbocycles. The average Bonchev–Trinajstić information content (AvgIpc) is 2.82. The van der Waals surface area contributed by atoms with Crippen LogP contribution in [0.15, 0.2) is 78.9 Å². The molecule has 2 aliphatic rings. The highest BCUT2D eigenvalue weighted by atomic mass is 16.5. The molecule has 152 valence electrons. The number of methoxy groups -OCH3 is 1. The normalized spacial score (nSPS) is 23.3.